The van der Waals surface area contributed by atoms with Crippen molar-refractivity contribution < 1.29 is 14.7 Å². The van der Waals surface area contributed by atoms with Crippen LogP contribution in [0.4, 0.5) is 0 Å². The van der Waals surface area contributed by atoms with Gasteiger partial charge in [0.1, 0.15) is 11.7 Å². The molecule has 0 spiro atoms. The number of hydrogen-bond donors (Lipinski definition) is 1. The van der Waals surface area contributed by atoms with E-state index in [4.69, 9.17) is 5.11 Å². The summed E-state index contributed by atoms with van der Waals surface area (Å²) in [6, 6.07) is 18.1. The first kappa shape index (κ1) is 15.0. The zero-order valence-corrected chi connectivity index (χ0v) is 12.0. The molecule has 0 radical (unpaired) electrons. The molecule has 0 saturated heterocycles. The number of aliphatic carboxylic acids is 1. The molecule has 0 amide bonds. The number of Topliss-reactive ketones (excluding diaryl/α,β-unsaturated/α-hetero) is 1. The van der Waals surface area contributed by atoms with Gasteiger partial charge >= 0.3 is 5.97 Å². The number of carbonyl (C=O) groups is 2. The van der Waals surface area contributed by atoms with Crippen LogP contribution in [0.25, 0.3) is 11.1 Å². The second kappa shape index (κ2) is 6.84. The molecular formula is C18H18O3. The highest BCUT2D eigenvalue weighted by Gasteiger charge is 2.19. The maximum absolute atomic E-state index is 11.7. The van der Waals surface area contributed by atoms with E-state index >= 15 is 0 Å². The van der Waals surface area contributed by atoms with Gasteiger partial charge in [-0.2, -0.15) is 0 Å². The van der Waals surface area contributed by atoms with Crippen LogP contribution in [-0.2, 0) is 16.0 Å². The van der Waals surface area contributed by atoms with Gasteiger partial charge in [-0.15, -0.1) is 0 Å². The monoisotopic (exact) mass is 282 g/mol. The Morgan fingerprint density at radius 3 is 2.10 bits per heavy atom. The largest absolute Gasteiger partial charge is 0.481 e. The molecule has 1 atom stereocenters. The molecule has 2 aromatic rings. The van der Waals surface area contributed by atoms with E-state index in [0.29, 0.717) is 6.42 Å². The molecule has 0 saturated carbocycles. The van der Waals surface area contributed by atoms with Crippen LogP contribution in [-0.4, -0.2) is 16.9 Å². The fraction of sp³-hybridized carbons (Fsp3) is 0.222. The van der Waals surface area contributed by atoms with Crippen molar-refractivity contribution in [3.8, 4) is 11.1 Å². The van der Waals surface area contributed by atoms with Crippen LogP contribution in [0.1, 0.15) is 18.9 Å². The molecule has 21 heavy (non-hydrogen) atoms. The average molecular weight is 282 g/mol. The molecule has 0 aromatic heterocycles. The lowest BCUT2D eigenvalue weighted by atomic mass is 9.98. The normalized spacial score (nSPS) is 11.9. The van der Waals surface area contributed by atoms with E-state index < -0.39 is 11.9 Å². The van der Waals surface area contributed by atoms with Crippen LogP contribution in [0, 0.1) is 5.92 Å². The average Bonchev–Trinajstić information content (AvgIpc) is 2.53. The molecule has 1 unspecified atom stereocenters. The quantitative estimate of drug-likeness (QED) is 0.824. The van der Waals surface area contributed by atoms with Crippen molar-refractivity contribution >= 4 is 11.8 Å². The first-order chi connectivity index (χ1) is 10.1. The number of hydrogen-bond acceptors (Lipinski definition) is 2. The lowest BCUT2D eigenvalue weighted by Gasteiger charge is -2.06. The number of carboxylic acids is 1. The van der Waals surface area contributed by atoms with Crippen LogP contribution in [0.5, 0.6) is 0 Å². The molecule has 3 heteroatoms. The zero-order chi connectivity index (χ0) is 15.2. The fourth-order valence-corrected chi connectivity index (χ4v) is 2.12. The summed E-state index contributed by atoms with van der Waals surface area (Å²) in [5.74, 6) is -2.21. The third-order valence-corrected chi connectivity index (χ3v) is 3.57. The van der Waals surface area contributed by atoms with Crippen molar-refractivity contribution in [3.63, 3.8) is 0 Å². The topological polar surface area (TPSA) is 54.4 Å². The highest BCUT2D eigenvalue weighted by Crippen LogP contribution is 2.20. The Hall–Kier alpha value is -2.42. The minimum absolute atomic E-state index is 0.227. The van der Waals surface area contributed by atoms with Gasteiger partial charge in [0.25, 0.3) is 0 Å². The van der Waals surface area contributed by atoms with Crippen LogP contribution < -0.4 is 0 Å². The number of ketones is 1. The van der Waals surface area contributed by atoms with Crippen molar-refractivity contribution in [1.29, 1.82) is 0 Å². The summed E-state index contributed by atoms with van der Waals surface area (Å²) in [7, 11) is 0. The van der Waals surface area contributed by atoms with Crippen LogP contribution in [0.2, 0.25) is 0 Å². The predicted molar refractivity (Wildman–Crippen MR) is 82.0 cm³/mol. The molecule has 2 aromatic carbocycles. The minimum Gasteiger partial charge on any atom is -0.481 e. The highest BCUT2D eigenvalue weighted by molar-refractivity contribution is 5.97. The van der Waals surface area contributed by atoms with E-state index in [9.17, 15) is 9.59 Å². The molecule has 0 aliphatic carbocycles. The summed E-state index contributed by atoms with van der Waals surface area (Å²) < 4.78 is 0. The highest BCUT2D eigenvalue weighted by atomic mass is 16.4. The molecular weight excluding hydrogens is 264 g/mol. The van der Waals surface area contributed by atoms with Crippen molar-refractivity contribution in [2.24, 2.45) is 5.92 Å². The van der Waals surface area contributed by atoms with E-state index in [1.807, 2.05) is 54.6 Å². The van der Waals surface area contributed by atoms with E-state index in [0.717, 1.165) is 16.7 Å². The summed E-state index contributed by atoms with van der Waals surface area (Å²) >= 11 is 0. The molecule has 0 bridgehead atoms. The molecule has 0 aliphatic rings. The summed E-state index contributed by atoms with van der Waals surface area (Å²) in [5.41, 5.74) is 3.32. The SMILES string of the molecule is CC(C(=O)O)C(=O)CCc1ccc(-c2ccccc2)cc1. The number of benzene rings is 2. The van der Waals surface area contributed by atoms with Crippen molar-refractivity contribution in [2.45, 2.75) is 19.8 Å². The third kappa shape index (κ3) is 4.02. The molecule has 2 rings (SSSR count). The number of rotatable bonds is 6. The van der Waals surface area contributed by atoms with E-state index in [1.165, 1.54) is 6.92 Å². The fourth-order valence-electron chi connectivity index (χ4n) is 2.12. The van der Waals surface area contributed by atoms with Gasteiger partial charge in [0.15, 0.2) is 0 Å². The van der Waals surface area contributed by atoms with Gasteiger partial charge in [-0.25, -0.2) is 0 Å². The van der Waals surface area contributed by atoms with Crippen molar-refractivity contribution in [2.75, 3.05) is 0 Å². The molecule has 3 nitrogen and oxygen atoms in total. The van der Waals surface area contributed by atoms with Gasteiger partial charge in [-0.05, 0) is 30.0 Å². The molecule has 0 fully saturated rings. The maximum Gasteiger partial charge on any atom is 0.313 e. The second-order valence-corrected chi connectivity index (χ2v) is 5.09. The molecule has 108 valence electrons. The van der Waals surface area contributed by atoms with E-state index in [-0.39, 0.29) is 12.2 Å². The van der Waals surface area contributed by atoms with Gasteiger partial charge in [0, 0.05) is 6.42 Å². The second-order valence-electron chi connectivity index (χ2n) is 5.09. The Labute approximate surface area is 124 Å². The zero-order valence-electron chi connectivity index (χ0n) is 12.0. The third-order valence-electron chi connectivity index (χ3n) is 3.57. The Balaban J connectivity index is 1.97. The number of carboxylic acid groups (broad SMARTS) is 1. The van der Waals surface area contributed by atoms with Crippen molar-refractivity contribution in [1.82, 2.24) is 0 Å². The minimum atomic E-state index is -1.06. The lowest BCUT2D eigenvalue weighted by molar-refractivity contribution is -0.145. The van der Waals surface area contributed by atoms with Crippen molar-refractivity contribution in [3.05, 3.63) is 60.2 Å². The van der Waals surface area contributed by atoms with Gasteiger partial charge in [-0.3, -0.25) is 9.59 Å². The van der Waals surface area contributed by atoms with E-state index in [2.05, 4.69) is 0 Å². The molecule has 0 heterocycles. The summed E-state index contributed by atoms with van der Waals surface area (Å²) in [5, 5.41) is 8.79. The first-order valence-electron chi connectivity index (χ1n) is 6.98. The summed E-state index contributed by atoms with van der Waals surface area (Å²) in [6.45, 7) is 1.43. The van der Waals surface area contributed by atoms with Gasteiger partial charge in [-0.1, -0.05) is 54.6 Å². The predicted octanol–water partition coefficient (Wildman–Crippen LogP) is 3.58. The van der Waals surface area contributed by atoms with Gasteiger partial charge < -0.3 is 5.11 Å². The molecule has 1 N–H and O–H groups in total. The van der Waals surface area contributed by atoms with Crippen LogP contribution in [0.3, 0.4) is 0 Å². The smallest absolute Gasteiger partial charge is 0.313 e. The Kier molecular flexibility index (Phi) is 4.88. The van der Waals surface area contributed by atoms with Crippen LogP contribution >= 0.6 is 0 Å². The molecule has 0 aliphatic heterocycles. The first-order valence-corrected chi connectivity index (χ1v) is 6.98. The summed E-state index contributed by atoms with van der Waals surface area (Å²) in [6.07, 6.45) is 0.837. The Bertz CT molecular complexity index is 615. The van der Waals surface area contributed by atoms with E-state index in [1.54, 1.807) is 0 Å². The number of carbonyl (C=O) groups excluding carboxylic acids is 1. The lowest BCUT2D eigenvalue weighted by Crippen LogP contribution is -2.20. The van der Waals surface area contributed by atoms with Crippen LogP contribution in [0.15, 0.2) is 54.6 Å². The number of aryl methyl sites for hydroxylation is 1. The van der Waals surface area contributed by atoms with Gasteiger partial charge in [0.05, 0.1) is 0 Å². The van der Waals surface area contributed by atoms with Gasteiger partial charge in [0.2, 0.25) is 0 Å². The standard InChI is InChI=1S/C18H18O3/c1-13(18(20)21)17(19)12-9-14-7-10-16(11-8-14)15-5-3-2-4-6-15/h2-8,10-11,13H,9,12H2,1H3,(H,20,21). The Morgan fingerprint density at radius 1 is 0.952 bits per heavy atom. The maximum atomic E-state index is 11.7. The Morgan fingerprint density at radius 2 is 1.52 bits per heavy atom. The summed E-state index contributed by atoms with van der Waals surface area (Å²) in [4.78, 5) is 22.4.